The van der Waals surface area contributed by atoms with Crippen LogP contribution in [0.15, 0.2) is 42.6 Å². The average molecular weight is 428 g/mol. The lowest BCUT2D eigenvalue weighted by atomic mass is 10.2. The van der Waals surface area contributed by atoms with Gasteiger partial charge in [0.15, 0.2) is 0 Å². The first-order chi connectivity index (χ1) is 14.6. The smallest absolute Gasteiger partial charge is 0.272 e. The molecule has 2 aromatic rings. The molecule has 158 valence electrons. The van der Waals surface area contributed by atoms with Crippen LogP contribution in [0.1, 0.15) is 23.3 Å². The number of nitrogens with one attached hydrogen (secondary N) is 1. The highest BCUT2D eigenvalue weighted by Crippen LogP contribution is 2.22. The van der Waals surface area contributed by atoms with E-state index in [-0.39, 0.29) is 18.4 Å². The molecule has 2 amide bonds. The van der Waals surface area contributed by atoms with Gasteiger partial charge >= 0.3 is 0 Å². The Labute approximate surface area is 181 Å². The Bertz CT molecular complexity index is 908. The van der Waals surface area contributed by atoms with Crippen molar-refractivity contribution in [3.8, 4) is 0 Å². The zero-order valence-corrected chi connectivity index (χ0v) is 17.6. The van der Waals surface area contributed by atoms with Crippen molar-refractivity contribution in [3.63, 3.8) is 0 Å². The van der Waals surface area contributed by atoms with Gasteiger partial charge in [0.05, 0.1) is 17.3 Å². The molecule has 0 radical (unpaired) electrons. The molecule has 0 atom stereocenters. The third-order valence-electron chi connectivity index (χ3n) is 5.61. The van der Waals surface area contributed by atoms with E-state index >= 15 is 0 Å². The van der Waals surface area contributed by atoms with Crippen LogP contribution < -0.4 is 10.2 Å². The molecular weight excluding hydrogens is 402 g/mol. The molecule has 2 fully saturated rings. The van der Waals surface area contributed by atoms with Gasteiger partial charge < -0.3 is 15.1 Å². The molecule has 2 saturated heterocycles. The van der Waals surface area contributed by atoms with Gasteiger partial charge in [0.25, 0.3) is 5.91 Å². The first-order valence-corrected chi connectivity index (χ1v) is 10.7. The first-order valence-electron chi connectivity index (χ1n) is 10.4. The van der Waals surface area contributed by atoms with Crippen LogP contribution in [0.5, 0.6) is 0 Å². The van der Waals surface area contributed by atoms with E-state index in [2.05, 4.69) is 15.2 Å². The lowest BCUT2D eigenvalue weighted by Crippen LogP contribution is -2.50. The topological polar surface area (TPSA) is 68.8 Å². The van der Waals surface area contributed by atoms with Crippen molar-refractivity contribution in [2.24, 2.45) is 0 Å². The first kappa shape index (κ1) is 20.6. The standard InChI is InChI=1S/C22H26ClN5O2/c23-18-5-1-2-6-19(18)25-21(29)16-26-11-13-28(14-12-26)22(30)20-15-17(7-8-24-20)27-9-3-4-10-27/h1-2,5-8,15H,3-4,9-14,16H2,(H,25,29). The second-order valence-electron chi connectivity index (χ2n) is 7.69. The summed E-state index contributed by atoms with van der Waals surface area (Å²) < 4.78 is 0. The summed E-state index contributed by atoms with van der Waals surface area (Å²) in [6, 6.07) is 11.0. The third kappa shape index (κ3) is 4.91. The Morgan fingerprint density at radius 1 is 1.00 bits per heavy atom. The molecule has 0 bridgehead atoms. The number of nitrogens with zero attached hydrogens (tertiary/aromatic N) is 4. The van der Waals surface area contributed by atoms with Gasteiger partial charge in [-0.15, -0.1) is 0 Å². The molecule has 2 aliphatic heterocycles. The fourth-order valence-electron chi connectivity index (χ4n) is 3.93. The summed E-state index contributed by atoms with van der Waals surface area (Å²) in [6.45, 7) is 4.79. The van der Waals surface area contributed by atoms with Gasteiger partial charge in [0.1, 0.15) is 5.69 Å². The van der Waals surface area contributed by atoms with E-state index in [1.165, 1.54) is 12.8 Å². The normalized spacial score (nSPS) is 17.2. The lowest BCUT2D eigenvalue weighted by Gasteiger charge is -2.34. The van der Waals surface area contributed by atoms with Crippen molar-refractivity contribution in [2.75, 3.05) is 56.0 Å². The van der Waals surface area contributed by atoms with Crippen molar-refractivity contribution in [1.29, 1.82) is 0 Å². The number of aromatic nitrogens is 1. The predicted molar refractivity (Wildman–Crippen MR) is 118 cm³/mol. The molecule has 3 heterocycles. The fourth-order valence-corrected chi connectivity index (χ4v) is 4.12. The van der Waals surface area contributed by atoms with E-state index in [4.69, 9.17) is 11.6 Å². The molecule has 1 N–H and O–H groups in total. The number of piperazine rings is 1. The Balaban J connectivity index is 1.29. The summed E-state index contributed by atoms with van der Waals surface area (Å²) in [5.41, 5.74) is 2.17. The Kier molecular flexibility index (Phi) is 6.50. The van der Waals surface area contributed by atoms with Gasteiger partial charge in [0.2, 0.25) is 5.91 Å². The number of anilines is 2. The second-order valence-corrected chi connectivity index (χ2v) is 8.10. The summed E-state index contributed by atoms with van der Waals surface area (Å²) in [5.74, 6) is -0.154. The molecule has 0 aliphatic carbocycles. The number of hydrogen-bond acceptors (Lipinski definition) is 5. The maximum absolute atomic E-state index is 12.9. The molecule has 8 heteroatoms. The van der Waals surface area contributed by atoms with Crippen LogP contribution >= 0.6 is 11.6 Å². The van der Waals surface area contributed by atoms with Crippen molar-refractivity contribution in [2.45, 2.75) is 12.8 Å². The Morgan fingerprint density at radius 3 is 2.47 bits per heavy atom. The van der Waals surface area contributed by atoms with Crippen LogP contribution in [-0.4, -0.2) is 72.4 Å². The summed E-state index contributed by atoms with van der Waals surface area (Å²) in [4.78, 5) is 35.7. The average Bonchev–Trinajstić information content (AvgIpc) is 3.31. The van der Waals surface area contributed by atoms with Gasteiger partial charge in [0, 0.05) is 51.2 Å². The number of pyridine rings is 1. The quantitative estimate of drug-likeness (QED) is 0.794. The van der Waals surface area contributed by atoms with Gasteiger partial charge in [-0.1, -0.05) is 23.7 Å². The zero-order valence-electron chi connectivity index (χ0n) is 16.9. The fraction of sp³-hybridized carbons (Fsp3) is 0.409. The van der Waals surface area contributed by atoms with Crippen LogP contribution in [0.3, 0.4) is 0 Å². The third-order valence-corrected chi connectivity index (χ3v) is 5.94. The Hall–Kier alpha value is -2.64. The number of para-hydroxylation sites is 1. The van der Waals surface area contributed by atoms with Crippen LogP contribution in [0, 0.1) is 0 Å². The molecule has 1 aromatic carbocycles. The van der Waals surface area contributed by atoms with Crippen LogP contribution in [0.2, 0.25) is 5.02 Å². The highest BCUT2D eigenvalue weighted by atomic mass is 35.5. The Morgan fingerprint density at radius 2 is 1.73 bits per heavy atom. The predicted octanol–water partition coefficient (Wildman–Crippen LogP) is 2.73. The number of hydrogen-bond donors (Lipinski definition) is 1. The van der Waals surface area contributed by atoms with Crippen molar-refractivity contribution >= 4 is 34.8 Å². The molecule has 1 aromatic heterocycles. The molecule has 2 aliphatic rings. The van der Waals surface area contributed by atoms with Gasteiger partial charge in [-0.2, -0.15) is 0 Å². The molecule has 4 rings (SSSR count). The molecule has 7 nitrogen and oxygen atoms in total. The van der Waals surface area contributed by atoms with E-state index in [1.807, 2.05) is 34.1 Å². The van der Waals surface area contributed by atoms with Crippen LogP contribution in [0.4, 0.5) is 11.4 Å². The number of amides is 2. The zero-order chi connectivity index (χ0) is 20.9. The monoisotopic (exact) mass is 427 g/mol. The van der Waals surface area contributed by atoms with E-state index in [0.717, 1.165) is 18.8 Å². The van der Waals surface area contributed by atoms with Gasteiger partial charge in [-0.3, -0.25) is 19.5 Å². The number of carbonyl (C=O) groups excluding carboxylic acids is 2. The molecular formula is C22H26ClN5O2. The summed E-state index contributed by atoms with van der Waals surface area (Å²) in [5, 5.41) is 3.36. The minimum atomic E-state index is -0.108. The summed E-state index contributed by atoms with van der Waals surface area (Å²) in [7, 11) is 0. The van der Waals surface area contributed by atoms with E-state index in [9.17, 15) is 9.59 Å². The highest BCUT2D eigenvalue weighted by Gasteiger charge is 2.25. The number of carbonyl (C=O) groups is 2. The highest BCUT2D eigenvalue weighted by molar-refractivity contribution is 6.33. The van der Waals surface area contributed by atoms with Crippen molar-refractivity contribution in [1.82, 2.24) is 14.8 Å². The number of benzene rings is 1. The van der Waals surface area contributed by atoms with Crippen LogP contribution in [0.25, 0.3) is 0 Å². The van der Waals surface area contributed by atoms with E-state index in [0.29, 0.717) is 42.6 Å². The minimum Gasteiger partial charge on any atom is -0.371 e. The largest absolute Gasteiger partial charge is 0.371 e. The second kappa shape index (κ2) is 9.45. The van der Waals surface area contributed by atoms with Crippen molar-refractivity contribution in [3.05, 3.63) is 53.3 Å². The van der Waals surface area contributed by atoms with Gasteiger partial charge in [-0.25, -0.2) is 0 Å². The molecule has 0 saturated carbocycles. The lowest BCUT2D eigenvalue weighted by molar-refractivity contribution is -0.117. The molecule has 30 heavy (non-hydrogen) atoms. The van der Waals surface area contributed by atoms with Crippen molar-refractivity contribution < 1.29 is 9.59 Å². The molecule has 0 spiro atoms. The van der Waals surface area contributed by atoms with E-state index < -0.39 is 0 Å². The van der Waals surface area contributed by atoms with Crippen LogP contribution in [-0.2, 0) is 4.79 Å². The SMILES string of the molecule is O=C(CN1CCN(C(=O)c2cc(N3CCCC3)ccn2)CC1)Nc1ccccc1Cl. The van der Waals surface area contributed by atoms with E-state index in [1.54, 1.807) is 18.3 Å². The van der Waals surface area contributed by atoms with Gasteiger partial charge in [-0.05, 0) is 37.1 Å². The molecule has 0 unspecified atom stereocenters. The number of rotatable bonds is 5. The maximum Gasteiger partial charge on any atom is 0.272 e. The minimum absolute atomic E-state index is 0.0452. The summed E-state index contributed by atoms with van der Waals surface area (Å²) in [6.07, 6.45) is 4.10. The summed E-state index contributed by atoms with van der Waals surface area (Å²) >= 11 is 6.09. The number of halogens is 1. The maximum atomic E-state index is 12.9.